The number of amides is 1. The third-order valence-corrected chi connectivity index (χ3v) is 3.59. The van der Waals surface area contributed by atoms with Gasteiger partial charge in [-0.15, -0.1) is 0 Å². The maximum atomic E-state index is 11.6. The van der Waals surface area contributed by atoms with Gasteiger partial charge >= 0.3 is 6.09 Å². The third kappa shape index (κ3) is 5.27. The summed E-state index contributed by atoms with van der Waals surface area (Å²) in [6.07, 6.45) is 1.47. The summed E-state index contributed by atoms with van der Waals surface area (Å²) in [5.74, 6) is 0.297. The molecule has 1 aliphatic heterocycles. The summed E-state index contributed by atoms with van der Waals surface area (Å²) in [7, 11) is 0. The first-order chi connectivity index (χ1) is 10.0. The maximum absolute atomic E-state index is 11.6. The Morgan fingerprint density at radius 1 is 1.33 bits per heavy atom. The summed E-state index contributed by atoms with van der Waals surface area (Å²) in [5, 5.41) is 12.2. The molecule has 2 rings (SSSR count). The van der Waals surface area contributed by atoms with Gasteiger partial charge in [0.25, 0.3) is 0 Å². The highest BCUT2D eigenvalue weighted by molar-refractivity contribution is 5.67. The highest BCUT2D eigenvalue weighted by Gasteiger charge is 2.21. The number of carbonyl (C=O) groups is 1. The first-order valence-corrected chi connectivity index (χ1v) is 7.50. The number of benzene rings is 1. The Labute approximate surface area is 125 Å². The van der Waals surface area contributed by atoms with Crippen LogP contribution in [-0.2, 0) is 11.3 Å². The van der Waals surface area contributed by atoms with Crippen LogP contribution in [0.4, 0.5) is 4.79 Å². The number of rotatable bonds is 4. The molecule has 5 nitrogen and oxygen atoms in total. The van der Waals surface area contributed by atoms with E-state index in [1.165, 1.54) is 5.56 Å². The van der Waals surface area contributed by atoms with Crippen molar-refractivity contribution in [3.8, 4) is 5.75 Å². The number of hydrogen-bond acceptors (Lipinski definition) is 4. The first kappa shape index (κ1) is 15.6. The van der Waals surface area contributed by atoms with Crippen molar-refractivity contribution in [3.05, 3.63) is 29.8 Å². The summed E-state index contributed by atoms with van der Waals surface area (Å²) in [4.78, 5) is 13.9. The second-order valence-corrected chi connectivity index (χ2v) is 5.82. The number of aromatic hydroxyl groups is 1. The van der Waals surface area contributed by atoms with E-state index in [1.54, 1.807) is 12.1 Å². The molecule has 1 heterocycles. The van der Waals surface area contributed by atoms with E-state index in [0.29, 0.717) is 5.75 Å². The van der Waals surface area contributed by atoms with Crippen LogP contribution in [0.15, 0.2) is 24.3 Å². The van der Waals surface area contributed by atoms with Gasteiger partial charge in [0, 0.05) is 25.7 Å². The van der Waals surface area contributed by atoms with Crippen LogP contribution >= 0.6 is 0 Å². The van der Waals surface area contributed by atoms with E-state index >= 15 is 0 Å². The average Bonchev–Trinajstić information content (AvgIpc) is 2.42. The second-order valence-electron chi connectivity index (χ2n) is 5.82. The Bertz CT molecular complexity index is 451. The molecular formula is C16H24N2O3. The van der Waals surface area contributed by atoms with Crippen molar-refractivity contribution in [2.45, 2.75) is 45.4 Å². The number of ether oxygens (including phenoxy) is 1. The van der Waals surface area contributed by atoms with Gasteiger partial charge in [0.2, 0.25) is 0 Å². The molecule has 0 bridgehead atoms. The molecule has 1 aliphatic rings. The van der Waals surface area contributed by atoms with Crippen LogP contribution in [-0.4, -0.2) is 41.3 Å². The molecular weight excluding hydrogens is 268 g/mol. The number of alkyl carbamates (subject to hydrolysis) is 1. The summed E-state index contributed by atoms with van der Waals surface area (Å²) < 4.78 is 5.10. The van der Waals surface area contributed by atoms with Crippen molar-refractivity contribution in [1.29, 1.82) is 0 Å². The smallest absolute Gasteiger partial charge is 0.407 e. The van der Waals surface area contributed by atoms with Crippen LogP contribution in [0.1, 0.15) is 32.3 Å². The number of phenolic OH excluding ortho intramolecular Hbond substituents is 1. The third-order valence-electron chi connectivity index (χ3n) is 3.59. The SMILES string of the molecule is CC(C)OC(=O)NC1CCN(Cc2ccc(O)cc2)CC1. The van der Waals surface area contributed by atoms with E-state index in [-0.39, 0.29) is 18.2 Å². The fourth-order valence-corrected chi connectivity index (χ4v) is 2.51. The number of phenols is 1. The minimum Gasteiger partial charge on any atom is -0.508 e. The summed E-state index contributed by atoms with van der Waals surface area (Å²) in [6.45, 7) is 6.48. The highest BCUT2D eigenvalue weighted by Crippen LogP contribution is 2.16. The van der Waals surface area contributed by atoms with Crippen molar-refractivity contribution in [2.24, 2.45) is 0 Å². The molecule has 1 amide bonds. The summed E-state index contributed by atoms with van der Waals surface area (Å²) in [6, 6.07) is 7.52. The van der Waals surface area contributed by atoms with Crippen LogP contribution in [0.5, 0.6) is 5.75 Å². The quantitative estimate of drug-likeness (QED) is 0.895. The molecule has 21 heavy (non-hydrogen) atoms. The summed E-state index contributed by atoms with van der Waals surface area (Å²) >= 11 is 0. The molecule has 0 aliphatic carbocycles. The number of likely N-dealkylation sites (tertiary alicyclic amines) is 1. The lowest BCUT2D eigenvalue weighted by molar-refractivity contribution is 0.105. The number of piperidine rings is 1. The van der Waals surface area contributed by atoms with E-state index in [2.05, 4.69) is 10.2 Å². The van der Waals surface area contributed by atoms with E-state index in [9.17, 15) is 9.90 Å². The van der Waals surface area contributed by atoms with Gasteiger partial charge in [-0.2, -0.15) is 0 Å². The van der Waals surface area contributed by atoms with Gasteiger partial charge in [0.15, 0.2) is 0 Å². The monoisotopic (exact) mass is 292 g/mol. The molecule has 1 fully saturated rings. The number of nitrogens with zero attached hydrogens (tertiary/aromatic N) is 1. The Hall–Kier alpha value is -1.75. The zero-order valence-electron chi connectivity index (χ0n) is 12.7. The normalized spacial score (nSPS) is 16.9. The highest BCUT2D eigenvalue weighted by atomic mass is 16.6. The van der Waals surface area contributed by atoms with Gasteiger partial charge < -0.3 is 15.2 Å². The lowest BCUT2D eigenvalue weighted by Crippen LogP contribution is -2.44. The van der Waals surface area contributed by atoms with Crippen LogP contribution in [0.25, 0.3) is 0 Å². The molecule has 0 aromatic heterocycles. The molecule has 0 radical (unpaired) electrons. The fourth-order valence-electron chi connectivity index (χ4n) is 2.51. The van der Waals surface area contributed by atoms with Crippen LogP contribution in [0, 0.1) is 0 Å². The molecule has 2 N–H and O–H groups in total. The Balaban J connectivity index is 1.73. The second kappa shape index (κ2) is 7.31. The van der Waals surface area contributed by atoms with Gasteiger partial charge in [0.05, 0.1) is 6.10 Å². The molecule has 5 heteroatoms. The Morgan fingerprint density at radius 3 is 2.52 bits per heavy atom. The van der Waals surface area contributed by atoms with Crippen LogP contribution < -0.4 is 5.32 Å². The molecule has 0 spiro atoms. The predicted octanol–water partition coefficient (Wildman–Crippen LogP) is 2.49. The lowest BCUT2D eigenvalue weighted by Gasteiger charge is -2.32. The number of hydrogen-bond donors (Lipinski definition) is 2. The van der Waals surface area contributed by atoms with E-state index in [0.717, 1.165) is 32.5 Å². The van der Waals surface area contributed by atoms with Gasteiger partial charge in [-0.1, -0.05) is 12.1 Å². The zero-order valence-corrected chi connectivity index (χ0v) is 12.7. The molecule has 0 atom stereocenters. The molecule has 1 aromatic rings. The van der Waals surface area contributed by atoms with Gasteiger partial charge in [0.1, 0.15) is 5.75 Å². The van der Waals surface area contributed by atoms with E-state index < -0.39 is 0 Å². The van der Waals surface area contributed by atoms with Crippen molar-refractivity contribution >= 4 is 6.09 Å². The minimum absolute atomic E-state index is 0.0837. The predicted molar refractivity (Wildman–Crippen MR) is 81.2 cm³/mol. The Kier molecular flexibility index (Phi) is 5.44. The number of nitrogens with one attached hydrogen (secondary N) is 1. The van der Waals surface area contributed by atoms with Crippen molar-refractivity contribution in [2.75, 3.05) is 13.1 Å². The topological polar surface area (TPSA) is 61.8 Å². The van der Waals surface area contributed by atoms with Crippen molar-refractivity contribution < 1.29 is 14.6 Å². The molecule has 0 unspecified atom stereocenters. The van der Waals surface area contributed by atoms with E-state index in [4.69, 9.17) is 4.74 Å². The molecule has 1 aromatic carbocycles. The standard InChI is InChI=1S/C16H24N2O3/c1-12(2)21-16(20)17-14-7-9-18(10-8-14)11-13-3-5-15(19)6-4-13/h3-6,12,14,19H,7-11H2,1-2H3,(H,17,20). The van der Waals surface area contributed by atoms with E-state index in [1.807, 2.05) is 26.0 Å². The van der Waals surface area contributed by atoms with Crippen LogP contribution in [0.3, 0.4) is 0 Å². The van der Waals surface area contributed by atoms with Crippen molar-refractivity contribution in [3.63, 3.8) is 0 Å². The average molecular weight is 292 g/mol. The maximum Gasteiger partial charge on any atom is 0.407 e. The van der Waals surface area contributed by atoms with Crippen molar-refractivity contribution in [1.82, 2.24) is 10.2 Å². The fraction of sp³-hybridized carbons (Fsp3) is 0.562. The largest absolute Gasteiger partial charge is 0.508 e. The number of carbonyl (C=O) groups excluding carboxylic acids is 1. The van der Waals surface area contributed by atoms with Gasteiger partial charge in [-0.05, 0) is 44.4 Å². The molecule has 116 valence electrons. The van der Waals surface area contributed by atoms with Crippen LogP contribution in [0.2, 0.25) is 0 Å². The van der Waals surface area contributed by atoms with Gasteiger partial charge in [-0.3, -0.25) is 4.90 Å². The summed E-state index contributed by atoms with van der Waals surface area (Å²) in [5.41, 5.74) is 1.19. The lowest BCUT2D eigenvalue weighted by atomic mass is 10.0. The minimum atomic E-state index is -0.318. The Morgan fingerprint density at radius 2 is 1.95 bits per heavy atom. The van der Waals surface area contributed by atoms with Gasteiger partial charge in [-0.25, -0.2) is 4.79 Å². The molecule has 1 saturated heterocycles. The zero-order chi connectivity index (χ0) is 15.2. The molecule has 0 saturated carbocycles. The first-order valence-electron chi connectivity index (χ1n) is 7.50.